The van der Waals surface area contributed by atoms with Crippen LogP contribution in [0.3, 0.4) is 0 Å². The third-order valence-corrected chi connectivity index (χ3v) is 6.79. The minimum absolute atomic E-state index is 0.105. The van der Waals surface area contributed by atoms with Crippen LogP contribution in [-0.4, -0.2) is 43.2 Å². The zero-order valence-corrected chi connectivity index (χ0v) is 19.8. The van der Waals surface area contributed by atoms with Gasteiger partial charge in [-0.1, -0.05) is 13.8 Å². The quantitative estimate of drug-likeness (QED) is 0.580. The molecular weight excluding hydrogens is 450 g/mol. The Morgan fingerprint density at radius 1 is 1.09 bits per heavy atom. The molecule has 1 saturated heterocycles. The number of nitrogens with one attached hydrogen (secondary N) is 1. The second kappa shape index (κ2) is 9.26. The number of fused-ring (bicyclic) bond motifs is 1. The number of morpholine rings is 1. The van der Waals surface area contributed by atoms with Gasteiger partial charge in [-0.15, -0.1) is 0 Å². The molecule has 1 atom stereocenters. The molecule has 0 radical (unpaired) electrons. The van der Waals surface area contributed by atoms with Crippen molar-refractivity contribution in [2.75, 3.05) is 36.9 Å². The highest BCUT2D eigenvalue weighted by atomic mass is 19.1. The first-order valence-corrected chi connectivity index (χ1v) is 11.8. The van der Waals surface area contributed by atoms with Crippen LogP contribution in [0, 0.1) is 17.6 Å². The van der Waals surface area contributed by atoms with Crippen molar-refractivity contribution in [3.63, 3.8) is 0 Å². The van der Waals surface area contributed by atoms with Crippen molar-refractivity contribution in [3.05, 3.63) is 65.4 Å². The molecule has 0 aliphatic carbocycles. The van der Waals surface area contributed by atoms with E-state index in [1.165, 1.54) is 18.3 Å². The molecule has 5 rings (SSSR count). The standard InChI is InChI=1S/C27H28F2N4O2/c1-15(2)25-14-33(7-8-35-25)18-3-4-19(23(28)11-18)17-10-22(26(30)32-13-17)21-9-16-5-6-31-27(34)20(16)12-24(21)29/h3-4,9-13,15,25H,5-8,14H2,1-2H3,(H2,30,32)(H,31,34)/t25-/m0/s1. The molecule has 1 fully saturated rings. The number of carbonyl (C=O) groups is 1. The zero-order valence-electron chi connectivity index (χ0n) is 19.8. The lowest BCUT2D eigenvalue weighted by Gasteiger charge is -2.36. The van der Waals surface area contributed by atoms with Crippen molar-refractivity contribution in [2.24, 2.45) is 5.92 Å². The van der Waals surface area contributed by atoms with Gasteiger partial charge in [0.2, 0.25) is 0 Å². The van der Waals surface area contributed by atoms with Crippen molar-refractivity contribution in [1.82, 2.24) is 10.3 Å². The summed E-state index contributed by atoms with van der Waals surface area (Å²) < 4.78 is 36.1. The Labute approximate surface area is 203 Å². The van der Waals surface area contributed by atoms with E-state index in [-0.39, 0.29) is 23.4 Å². The van der Waals surface area contributed by atoms with Gasteiger partial charge >= 0.3 is 0 Å². The van der Waals surface area contributed by atoms with Gasteiger partial charge in [-0.2, -0.15) is 0 Å². The van der Waals surface area contributed by atoms with Crippen molar-refractivity contribution in [3.8, 4) is 22.3 Å². The van der Waals surface area contributed by atoms with Gasteiger partial charge in [-0.25, -0.2) is 13.8 Å². The topological polar surface area (TPSA) is 80.5 Å². The predicted octanol–water partition coefficient (Wildman–Crippen LogP) is 4.42. The number of amides is 1. The van der Waals surface area contributed by atoms with E-state index in [1.807, 2.05) is 6.07 Å². The summed E-state index contributed by atoms with van der Waals surface area (Å²) in [7, 11) is 0. The highest BCUT2D eigenvalue weighted by Gasteiger charge is 2.25. The lowest BCUT2D eigenvalue weighted by atomic mass is 9.93. The fourth-order valence-corrected chi connectivity index (χ4v) is 4.74. The highest BCUT2D eigenvalue weighted by molar-refractivity contribution is 5.97. The summed E-state index contributed by atoms with van der Waals surface area (Å²) in [5, 5.41) is 2.71. The highest BCUT2D eigenvalue weighted by Crippen LogP contribution is 2.35. The van der Waals surface area contributed by atoms with Gasteiger partial charge in [0.05, 0.1) is 12.7 Å². The number of halogens is 2. The summed E-state index contributed by atoms with van der Waals surface area (Å²) in [4.78, 5) is 18.4. The van der Waals surface area contributed by atoms with Crippen LogP contribution in [-0.2, 0) is 11.2 Å². The monoisotopic (exact) mass is 478 g/mol. The van der Waals surface area contributed by atoms with Crippen molar-refractivity contribution in [1.29, 1.82) is 0 Å². The molecule has 2 aromatic carbocycles. The van der Waals surface area contributed by atoms with Gasteiger partial charge in [0, 0.05) is 59.3 Å². The third-order valence-electron chi connectivity index (χ3n) is 6.79. The van der Waals surface area contributed by atoms with Crippen LogP contribution < -0.4 is 16.0 Å². The number of nitrogen functional groups attached to an aromatic ring is 1. The number of hydrogen-bond donors (Lipinski definition) is 2. The molecule has 6 nitrogen and oxygen atoms in total. The molecule has 3 N–H and O–H groups in total. The van der Waals surface area contributed by atoms with E-state index in [4.69, 9.17) is 10.5 Å². The molecular formula is C27H28F2N4O2. The predicted molar refractivity (Wildman–Crippen MR) is 132 cm³/mol. The summed E-state index contributed by atoms with van der Waals surface area (Å²) in [6.07, 6.45) is 2.19. The Hall–Kier alpha value is -3.52. The molecule has 2 aliphatic rings. The number of aromatic nitrogens is 1. The summed E-state index contributed by atoms with van der Waals surface area (Å²) in [6.45, 7) is 6.73. The van der Waals surface area contributed by atoms with E-state index in [9.17, 15) is 4.79 Å². The fourth-order valence-electron chi connectivity index (χ4n) is 4.74. The average molecular weight is 479 g/mol. The molecule has 8 heteroatoms. The van der Waals surface area contributed by atoms with Gasteiger partial charge in [0.1, 0.15) is 17.5 Å². The van der Waals surface area contributed by atoms with Gasteiger partial charge < -0.3 is 20.7 Å². The molecule has 3 heterocycles. The molecule has 1 amide bonds. The Morgan fingerprint density at radius 3 is 2.66 bits per heavy atom. The Bertz CT molecular complexity index is 1290. The van der Waals surface area contributed by atoms with Crippen LogP contribution in [0.15, 0.2) is 42.6 Å². The third kappa shape index (κ3) is 4.46. The molecule has 182 valence electrons. The van der Waals surface area contributed by atoms with Crippen LogP contribution in [0.2, 0.25) is 0 Å². The average Bonchev–Trinajstić information content (AvgIpc) is 2.85. The lowest BCUT2D eigenvalue weighted by Crippen LogP contribution is -2.44. The Balaban J connectivity index is 1.48. The van der Waals surface area contributed by atoms with Crippen LogP contribution >= 0.6 is 0 Å². The first kappa shape index (κ1) is 23.2. The largest absolute Gasteiger partial charge is 0.383 e. The number of pyridine rings is 1. The maximum Gasteiger partial charge on any atom is 0.251 e. The first-order chi connectivity index (χ1) is 16.8. The molecule has 0 unspecified atom stereocenters. The number of carbonyl (C=O) groups excluding carboxylic acids is 1. The van der Waals surface area contributed by atoms with Gasteiger partial charge in [-0.3, -0.25) is 4.79 Å². The molecule has 0 spiro atoms. The maximum absolute atomic E-state index is 15.3. The number of nitrogens with two attached hydrogens (primary N) is 1. The summed E-state index contributed by atoms with van der Waals surface area (Å²) in [6, 6.07) is 9.64. The summed E-state index contributed by atoms with van der Waals surface area (Å²) in [5.74, 6) is -0.749. The normalized spacial score (nSPS) is 17.9. The number of anilines is 2. The minimum Gasteiger partial charge on any atom is -0.383 e. The summed E-state index contributed by atoms with van der Waals surface area (Å²) >= 11 is 0. The Morgan fingerprint density at radius 2 is 1.89 bits per heavy atom. The molecule has 3 aromatic rings. The van der Waals surface area contributed by atoms with E-state index in [0.29, 0.717) is 60.8 Å². The fraction of sp³-hybridized carbons (Fsp3) is 0.333. The minimum atomic E-state index is -0.575. The zero-order chi connectivity index (χ0) is 24.7. The molecule has 0 bridgehead atoms. The number of rotatable bonds is 4. The number of hydrogen-bond acceptors (Lipinski definition) is 5. The van der Waals surface area contributed by atoms with E-state index in [2.05, 4.69) is 29.0 Å². The lowest BCUT2D eigenvalue weighted by molar-refractivity contribution is 0.0114. The smallest absolute Gasteiger partial charge is 0.251 e. The van der Waals surface area contributed by atoms with Crippen LogP contribution in [0.25, 0.3) is 22.3 Å². The van der Waals surface area contributed by atoms with Crippen LogP contribution in [0.4, 0.5) is 20.3 Å². The van der Waals surface area contributed by atoms with Crippen LogP contribution in [0.1, 0.15) is 29.8 Å². The first-order valence-electron chi connectivity index (χ1n) is 11.8. The Kier molecular flexibility index (Phi) is 6.15. The van der Waals surface area contributed by atoms with Crippen molar-refractivity contribution < 1.29 is 18.3 Å². The van der Waals surface area contributed by atoms with Gasteiger partial charge in [-0.05, 0) is 54.3 Å². The molecule has 2 aliphatic heterocycles. The van der Waals surface area contributed by atoms with Crippen molar-refractivity contribution in [2.45, 2.75) is 26.4 Å². The van der Waals surface area contributed by atoms with E-state index in [0.717, 1.165) is 11.3 Å². The van der Waals surface area contributed by atoms with E-state index < -0.39 is 11.6 Å². The summed E-state index contributed by atoms with van der Waals surface area (Å²) in [5.41, 5.74) is 9.43. The van der Waals surface area contributed by atoms with Gasteiger partial charge in [0.15, 0.2) is 0 Å². The second-order valence-electron chi connectivity index (χ2n) is 9.42. The number of nitrogens with zero attached hydrogens (tertiary/aromatic N) is 2. The number of benzene rings is 2. The number of ether oxygens (including phenoxy) is 1. The molecule has 0 saturated carbocycles. The van der Waals surface area contributed by atoms with E-state index in [1.54, 1.807) is 18.2 Å². The molecule has 1 aromatic heterocycles. The van der Waals surface area contributed by atoms with Gasteiger partial charge in [0.25, 0.3) is 5.91 Å². The second-order valence-corrected chi connectivity index (χ2v) is 9.42. The van der Waals surface area contributed by atoms with E-state index >= 15 is 8.78 Å². The SMILES string of the molecule is CC(C)[C@@H]1CN(c2ccc(-c3cnc(N)c(-c4cc5c(cc4F)C(=O)NCC5)c3)c(F)c2)CCO1. The molecule has 35 heavy (non-hydrogen) atoms. The maximum atomic E-state index is 15.3. The van der Waals surface area contributed by atoms with Crippen LogP contribution in [0.5, 0.6) is 0 Å². The van der Waals surface area contributed by atoms with Crippen molar-refractivity contribution >= 4 is 17.4 Å².